The summed E-state index contributed by atoms with van der Waals surface area (Å²) in [7, 11) is 0. The average molecular weight is 361 g/mol. The quantitative estimate of drug-likeness (QED) is 0.728. The number of amides is 2. The predicted molar refractivity (Wildman–Crippen MR) is 108 cm³/mol. The number of anilines is 1. The lowest BCUT2D eigenvalue weighted by Gasteiger charge is -2.28. The minimum absolute atomic E-state index is 0.0150. The Hall–Kier alpha value is -2.42. The van der Waals surface area contributed by atoms with Gasteiger partial charge in [-0.05, 0) is 54.7 Å². The number of carbonyl (C=O) groups is 2. The lowest BCUT2D eigenvalue weighted by atomic mass is 9.73. The molecule has 3 heteroatoms. The molecular formula is C24H27NO2. The van der Waals surface area contributed by atoms with E-state index in [1.54, 1.807) is 4.90 Å². The van der Waals surface area contributed by atoms with Crippen LogP contribution in [0.25, 0.3) is 0 Å². The number of para-hydroxylation sites is 1. The Kier molecular flexibility index (Phi) is 4.86. The van der Waals surface area contributed by atoms with Crippen LogP contribution in [-0.4, -0.2) is 11.8 Å². The number of rotatable bonds is 4. The van der Waals surface area contributed by atoms with Gasteiger partial charge in [0.2, 0.25) is 11.8 Å². The maximum Gasteiger partial charge on any atom is 0.237 e. The van der Waals surface area contributed by atoms with Crippen molar-refractivity contribution in [2.45, 2.75) is 51.9 Å². The van der Waals surface area contributed by atoms with Crippen molar-refractivity contribution in [1.29, 1.82) is 0 Å². The fourth-order valence-corrected chi connectivity index (χ4v) is 4.93. The molecule has 1 heterocycles. The molecule has 3 nitrogen and oxygen atoms in total. The fraction of sp³-hybridized carbons (Fsp3) is 0.417. The van der Waals surface area contributed by atoms with Crippen molar-refractivity contribution < 1.29 is 9.59 Å². The number of carbonyl (C=O) groups excluding carboxylic acids is 2. The summed E-state index contributed by atoms with van der Waals surface area (Å²) in [4.78, 5) is 28.1. The first kappa shape index (κ1) is 18.0. The largest absolute Gasteiger partial charge is 0.274 e. The minimum atomic E-state index is -0.175. The van der Waals surface area contributed by atoms with Crippen molar-refractivity contribution in [2.75, 3.05) is 4.90 Å². The molecule has 1 saturated carbocycles. The van der Waals surface area contributed by atoms with Crippen LogP contribution < -0.4 is 4.90 Å². The molecule has 27 heavy (non-hydrogen) atoms. The molecule has 1 saturated heterocycles. The third-order valence-electron chi connectivity index (χ3n) is 6.38. The molecule has 140 valence electrons. The molecule has 4 rings (SSSR count). The van der Waals surface area contributed by atoms with E-state index in [0.717, 1.165) is 48.9 Å². The van der Waals surface area contributed by atoms with Crippen LogP contribution in [0.5, 0.6) is 0 Å². The highest BCUT2D eigenvalue weighted by Crippen LogP contribution is 2.46. The summed E-state index contributed by atoms with van der Waals surface area (Å²) < 4.78 is 0. The van der Waals surface area contributed by atoms with Crippen LogP contribution in [0.4, 0.5) is 5.69 Å². The smallest absolute Gasteiger partial charge is 0.237 e. The van der Waals surface area contributed by atoms with E-state index in [1.165, 1.54) is 5.56 Å². The Balaban J connectivity index is 1.68. The van der Waals surface area contributed by atoms with Crippen LogP contribution in [0.3, 0.4) is 0 Å². The number of imide groups is 1. The SMILES string of the molecule is CCc1cccc(CC)c1N1C(=O)[C@H]2C[C@H](c3ccccc3)CC[C@H]2C1=O. The van der Waals surface area contributed by atoms with Crippen LogP contribution in [0.15, 0.2) is 48.5 Å². The Morgan fingerprint density at radius 2 is 1.44 bits per heavy atom. The zero-order chi connectivity index (χ0) is 19.0. The number of fused-ring (bicyclic) bond motifs is 1. The first-order valence-electron chi connectivity index (χ1n) is 10.2. The number of benzene rings is 2. The van der Waals surface area contributed by atoms with Crippen LogP contribution in [0, 0.1) is 11.8 Å². The molecule has 0 aromatic heterocycles. The topological polar surface area (TPSA) is 37.4 Å². The van der Waals surface area contributed by atoms with Crippen LogP contribution in [-0.2, 0) is 22.4 Å². The fourth-order valence-electron chi connectivity index (χ4n) is 4.93. The lowest BCUT2D eigenvalue weighted by Crippen LogP contribution is -2.32. The standard InChI is InChI=1S/C24H27NO2/c1-3-16-11-8-12-17(4-2)22(16)25-23(26)20-14-13-19(15-21(20)24(25)27)18-9-6-5-7-10-18/h5-12,19-21H,3-4,13-15H2,1-2H3/t19-,20-,21+/m1/s1. The summed E-state index contributed by atoms with van der Waals surface area (Å²) in [6.45, 7) is 4.17. The second-order valence-electron chi connectivity index (χ2n) is 7.78. The molecule has 0 unspecified atom stereocenters. The van der Waals surface area contributed by atoms with E-state index >= 15 is 0 Å². The van der Waals surface area contributed by atoms with E-state index in [0.29, 0.717) is 5.92 Å². The number of hydrogen-bond acceptors (Lipinski definition) is 2. The molecular weight excluding hydrogens is 334 g/mol. The van der Waals surface area contributed by atoms with E-state index in [2.05, 4.69) is 38.1 Å². The zero-order valence-corrected chi connectivity index (χ0v) is 16.2. The van der Waals surface area contributed by atoms with Gasteiger partial charge in [0.15, 0.2) is 0 Å². The van der Waals surface area contributed by atoms with Gasteiger partial charge in [-0.1, -0.05) is 62.4 Å². The summed E-state index contributed by atoms with van der Waals surface area (Å²) in [6.07, 6.45) is 4.21. The molecule has 1 aliphatic heterocycles. The summed E-state index contributed by atoms with van der Waals surface area (Å²) >= 11 is 0. The molecule has 2 aromatic rings. The van der Waals surface area contributed by atoms with Gasteiger partial charge in [-0.3, -0.25) is 9.59 Å². The Morgan fingerprint density at radius 1 is 0.815 bits per heavy atom. The number of nitrogens with zero attached hydrogens (tertiary/aromatic N) is 1. The molecule has 2 amide bonds. The molecule has 2 fully saturated rings. The average Bonchev–Trinajstić information content (AvgIpc) is 2.97. The van der Waals surface area contributed by atoms with Crippen molar-refractivity contribution in [1.82, 2.24) is 0 Å². The highest BCUT2D eigenvalue weighted by Gasteiger charge is 2.51. The number of hydrogen-bond donors (Lipinski definition) is 0. The molecule has 0 spiro atoms. The van der Waals surface area contributed by atoms with Gasteiger partial charge in [-0.2, -0.15) is 0 Å². The Morgan fingerprint density at radius 3 is 2.07 bits per heavy atom. The second kappa shape index (κ2) is 7.30. The minimum Gasteiger partial charge on any atom is -0.274 e. The van der Waals surface area contributed by atoms with Gasteiger partial charge in [0.05, 0.1) is 17.5 Å². The molecule has 0 N–H and O–H groups in total. The molecule has 0 radical (unpaired) electrons. The van der Waals surface area contributed by atoms with Crippen LogP contribution >= 0.6 is 0 Å². The maximum absolute atomic E-state index is 13.4. The monoisotopic (exact) mass is 361 g/mol. The maximum atomic E-state index is 13.4. The predicted octanol–water partition coefficient (Wildman–Crippen LogP) is 4.88. The van der Waals surface area contributed by atoms with Crippen molar-refractivity contribution in [3.8, 4) is 0 Å². The van der Waals surface area contributed by atoms with Gasteiger partial charge in [0.25, 0.3) is 0 Å². The summed E-state index contributed by atoms with van der Waals surface area (Å²) in [5.41, 5.74) is 4.34. The molecule has 2 aromatic carbocycles. The van der Waals surface area contributed by atoms with E-state index in [1.807, 2.05) is 24.3 Å². The van der Waals surface area contributed by atoms with Gasteiger partial charge >= 0.3 is 0 Å². The Bertz CT molecular complexity index is 836. The van der Waals surface area contributed by atoms with E-state index < -0.39 is 0 Å². The zero-order valence-electron chi connectivity index (χ0n) is 16.2. The van der Waals surface area contributed by atoms with Crippen molar-refractivity contribution in [2.24, 2.45) is 11.8 Å². The van der Waals surface area contributed by atoms with Crippen LogP contribution in [0.1, 0.15) is 55.7 Å². The molecule has 3 atom stereocenters. The summed E-state index contributed by atoms with van der Waals surface area (Å²) in [5.74, 6) is 0.0858. The van der Waals surface area contributed by atoms with Crippen molar-refractivity contribution >= 4 is 17.5 Å². The van der Waals surface area contributed by atoms with Gasteiger partial charge in [0, 0.05) is 0 Å². The first-order valence-corrected chi connectivity index (χ1v) is 10.2. The third kappa shape index (κ3) is 2.99. The first-order chi connectivity index (χ1) is 13.2. The van der Waals surface area contributed by atoms with Gasteiger partial charge in [0.1, 0.15) is 0 Å². The number of aryl methyl sites for hydroxylation is 2. The normalized spacial score (nSPS) is 25.0. The van der Waals surface area contributed by atoms with Crippen molar-refractivity contribution in [3.63, 3.8) is 0 Å². The van der Waals surface area contributed by atoms with E-state index in [4.69, 9.17) is 0 Å². The Labute approximate surface area is 161 Å². The van der Waals surface area contributed by atoms with E-state index in [-0.39, 0.29) is 23.7 Å². The highest BCUT2D eigenvalue weighted by atomic mass is 16.2. The lowest BCUT2D eigenvalue weighted by molar-refractivity contribution is -0.122. The third-order valence-corrected chi connectivity index (χ3v) is 6.38. The summed E-state index contributed by atoms with van der Waals surface area (Å²) in [6, 6.07) is 16.5. The highest BCUT2D eigenvalue weighted by molar-refractivity contribution is 6.22. The molecule has 1 aliphatic carbocycles. The molecule has 2 aliphatic rings. The van der Waals surface area contributed by atoms with Gasteiger partial charge in [-0.15, -0.1) is 0 Å². The van der Waals surface area contributed by atoms with Gasteiger partial charge < -0.3 is 0 Å². The van der Waals surface area contributed by atoms with E-state index in [9.17, 15) is 9.59 Å². The summed E-state index contributed by atoms with van der Waals surface area (Å²) in [5, 5.41) is 0. The molecule has 0 bridgehead atoms. The second-order valence-corrected chi connectivity index (χ2v) is 7.78. The van der Waals surface area contributed by atoms with Crippen molar-refractivity contribution in [3.05, 3.63) is 65.2 Å². The van der Waals surface area contributed by atoms with Crippen LogP contribution in [0.2, 0.25) is 0 Å². The van der Waals surface area contributed by atoms with Gasteiger partial charge in [-0.25, -0.2) is 4.90 Å².